The Morgan fingerprint density at radius 1 is 1.44 bits per heavy atom. The van der Waals surface area contributed by atoms with E-state index in [9.17, 15) is 0 Å². The van der Waals surface area contributed by atoms with Crippen LogP contribution in [0.15, 0.2) is 18.3 Å². The molecule has 0 amide bonds. The number of hydrogen-bond acceptors (Lipinski definition) is 3. The van der Waals surface area contributed by atoms with Crippen molar-refractivity contribution in [1.29, 1.82) is 0 Å². The van der Waals surface area contributed by atoms with Crippen LogP contribution in [0.25, 0.3) is 0 Å². The molecule has 1 rings (SSSR count). The van der Waals surface area contributed by atoms with Gasteiger partial charge < -0.3 is 10.1 Å². The van der Waals surface area contributed by atoms with E-state index in [2.05, 4.69) is 31.1 Å². The van der Waals surface area contributed by atoms with Crippen LogP contribution >= 0.6 is 0 Å². The van der Waals surface area contributed by atoms with E-state index in [1.807, 2.05) is 12.1 Å². The van der Waals surface area contributed by atoms with Crippen molar-refractivity contribution < 1.29 is 4.74 Å². The molecule has 0 aliphatic heterocycles. The Labute approximate surface area is 98.2 Å². The van der Waals surface area contributed by atoms with Crippen molar-refractivity contribution >= 4 is 0 Å². The smallest absolute Gasteiger partial charge is 0.217 e. The van der Waals surface area contributed by atoms with Crippen molar-refractivity contribution in [3.8, 4) is 5.88 Å². The minimum Gasteiger partial charge on any atom is -0.481 e. The summed E-state index contributed by atoms with van der Waals surface area (Å²) in [6.07, 6.45) is 2.92. The maximum Gasteiger partial charge on any atom is 0.217 e. The Morgan fingerprint density at radius 3 is 2.81 bits per heavy atom. The lowest BCUT2D eigenvalue weighted by Gasteiger charge is -2.23. The Balaban J connectivity index is 2.49. The van der Waals surface area contributed by atoms with Crippen LogP contribution in [0.1, 0.15) is 32.8 Å². The van der Waals surface area contributed by atoms with E-state index in [-0.39, 0.29) is 0 Å². The molecule has 0 radical (unpaired) electrons. The molecule has 0 unspecified atom stereocenters. The van der Waals surface area contributed by atoms with Crippen LogP contribution in [0.3, 0.4) is 0 Å². The Morgan fingerprint density at radius 2 is 2.19 bits per heavy atom. The number of ether oxygens (including phenoxy) is 1. The monoisotopic (exact) mass is 222 g/mol. The van der Waals surface area contributed by atoms with Crippen LogP contribution in [-0.2, 0) is 6.54 Å². The van der Waals surface area contributed by atoms with E-state index in [0.717, 1.165) is 18.7 Å². The quantitative estimate of drug-likeness (QED) is 0.803. The normalized spacial score (nSPS) is 11.5. The molecular formula is C13H22N2O. The molecule has 0 spiro atoms. The summed E-state index contributed by atoms with van der Waals surface area (Å²) in [6.45, 7) is 8.55. The summed E-state index contributed by atoms with van der Waals surface area (Å²) in [7, 11) is 1.65. The molecule has 0 atom stereocenters. The molecule has 3 nitrogen and oxygen atoms in total. The lowest BCUT2D eigenvalue weighted by molar-refractivity contribution is 0.325. The summed E-state index contributed by atoms with van der Waals surface area (Å²) in [6, 6.07) is 3.97. The number of methoxy groups -OCH3 is 1. The second-order valence-corrected chi connectivity index (χ2v) is 4.79. The van der Waals surface area contributed by atoms with E-state index in [1.54, 1.807) is 13.3 Å². The summed E-state index contributed by atoms with van der Waals surface area (Å²) >= 11 is 0. The summed E-state index contributed by atoms with van der Waals surface area (Å²) < 4.78 is 5.20. The number of pyridine rings is 1. The number of nitrogens with one attached hydrogen (secondary N) is 1. The van der Waals surface area contributed by atoms with Crippen molar-refractivity contribution in [2.45, 2.75) is 33.7 Å². The molecule has 0 aliphatic carbocycles. The first-order valence-corrected chi connectivity index (χ1v) is 5.77. The van der Waals surface area contributed by atoms with Crippen LogP contribution in [-0.4, -0.2) is 18.6 Å². The van der Waals surface area contributed by atoms with Gasteiger partial charge in [0, 0.05) is 24.8 Å². The molecular weight excluding hydrogens is 200 g/mol. The summed E-state index contributed by atoms with van der Waals surface area (Å²) in [5.74, 6) is 0.712. The molecule has 1 aromatic rings. The van der Waals surface area contributed by atoms with Crippen LogP contribution in [0, 0.1) is 5.41 Å². The van der Waals surface area contributed by atoms with Gasteiger partial charge in [-0.25, -0.2) is 4.98 Å². The van der Waals surface area contributed by atoms with Crippen LogP contribution in [0.5, 0.6) is 5.88 Å². The van der Waals surface area contributed by atoms with Gasteiger partial charge in [-0.1, -0.05) is 26.8 Å². The van der Waals surface area contributed by atoms with E-state index >= 15 is 0 Å². The van der Waals surface area contributed by atoms with Crippen LogP contribution in [0.4, 0.5) is 0 Å². The van der Waals surface area contributed by atoms with E-state index in [0.29, 0.717) is 11.3 Å². The second-order valence-electron chi connectivity index (χ2n) is 4.79. The zero-order chi connectivity index (χ0) is 12.0. The number of nitrogens with zero attached hydrogens (tertiary/aromatic N) is 1. The molecule has 0 saturated carbocycles. The van der Waals surface area contributed by atoms with Gasteiger partial charge in [0.05, 0.1) is 7.11 Å². The first kappa shape index (κ1) is 13.0. The maximum absolute atomic E-state index is 5.20. The van der Waals surface area contributed by atoms with Gasteiger partial charge in [-0.15, -0.1) is 0 Å². The van der Waals surface area contributed by atoms with Crippen molar-refractivity contribution in [2.75, 3.05) is 13.7 Å². The molecule has 0 fully saturated rings. The summed E-state index contributed by atoms with van der Waals surface area (Å²) in [4.78, 5) is 4.17. The maximum atomic E-state index is 5.20. The van der Waals surface area contributed by atoms with Gasteiger partial charge in [-0.2, -0.15) is 0 Å². The first-order chi connectivity index (χ1) is 7.59. The van der Waals surface area contributed by atoms with Gasteiger partial charge in [-0.3, -0.25) is 0 Å². The van der Waals surface area contributed by atoms with Crippen molar-refractivity contribution in [2.24, 2.45) is 5.41 Å². The Kier molecular flexibility index (Phi) is 4.74. The molecule has 0 aromatic carbocycles. The lowest BCUT2D eigenvalue weighted by Crippen LogP contribution is -2.28. The topological polar surface area (TPSA) is 34.2 Å². The third-order valence-corrected chi connectivity index (χ3v) is 2.92. The van der Waals surface area contributed by atoms with Crippen LogP contribution < -0.4 is 10.1 Å². The Bertz CT molecular complexity index is 323. The van der Waals surface area contributed by atoms with E-state index < -0.39 is 0 Å². The molecule has 90 valence electrons. The average molecular weight is 222 g/mol. The fourth-order valence-electron chi connectivity index (χ4n) is 1.40. The standard InChI is InChI=1S/C13H22N2O/c1-5-13(2,3)10-14-9-11-7-6-8-15-12(11)16-4/h6-8,14H,5,9-10H2,1-4H3. The van der Waals surface area contributed by atoms with Gasteiger partial charge in [0.2, 0.25) is 5.88 Å². The number of aromatic nitrogens is 1. The highest BCUT2D eigenvalue weighted by Gasteiger charge is 2.14. The lowest BCUT2D eigenvalue weighted by atomic mass is 9.90. The third kappa shape index (κ3) is 3.81. The van der Waals surface area contributed by atoms with Gasteiger partial charge in [0.15, 0.2) is 0 Å². The van der Waals surface area contributed by atoms with Gasteiger partial charge in [0.25, 0.3) is 0 Å². The van der Waals surface area contributed by atoms with E-state index in [1.165, 1.54) is 6.42 Å². The van der Waals surface area contributed by atoms with E-state index in [4.69, 9.17) is 4.74 Å². The molecule has 1 N–H and O–H groups in total. The van der Waals surface area contributed by atoms with Crippen molar-refractivity contribution in [3.63, 3.8) is 0 Å². The second kappa shape index (κ2) is 5.85. The zero-order valence-electron chi connectivity index (χ0n) is 10.7. The minimum atomic E-state index is 0.343. The molecule has 1 heterocycles. The number of hydrogen-bond donors (Lipinski definition) is 1. The molecule has 1 aromatic heterocycles. The molecule has 0 aliphatic rings. The SMILES string of the molecule is CCC(C)(C)CNCc1cccnc1OC. The van der Waals surface area contributed by atoms with Crippen molar-refractivity contribution in [1.82, 2.24) is 10.3 Å². The molecule has 3 heteroatoms. The highest BCUT2D eigenvalue weighted by atomic mass is 16.5. The fraction of sp³-hybridized carbons (Fsp3) is 0.615. The average Bonchev–Trinajstić information content (AvgIpc) is 2.29. The van der Waals surface area contributed by atoms with Gasteiger partial charge in [0.1, 0.15) is 0 Å². The highest BCUT2D eigenvalue weighted by molar-refractivity contribution is 5.24. The van der Waals surface area contributed by atoms with Crippen molar-refractivity contribution in [3.05, 3.63) is 23.9 Å². The predicted molar refractivity (Wildman–Crippen MR) is 66.6 cm³/mol. The first-order valence-electron chi connectivity index (χ1n) is 5.77. The summed E-state index contributed by atoms with van der Waals surface area (Å²) in [5.41, 5.74) is 1.45. The molecule has 0 bridgehead atoms. The third-order valence-electron chi connectivity index (χ3n) is 2.92. The van der Waals surface area contributed by atoms with Gasteiger partial charge >= 0.3 is 0 Å². The molecule has 16 heavy (non-hydrogen) atoms. The summed E-state index contributed by atoms with van der Waals surface area (Å²) in [5, 5.41) is 3.45. The largest absolute Gasteiger partial charge is 0.481 e. The fourth-order valence-corrected chi connectivity index (χ4v) is 1.40. The highest BCUT2D eigenvalue weighted by Crippen LogP contribution is 2.19. The van der Waals surface area contributed by atoms with Crippen LogP contribution in [0.2, 0.25) is 0 Å². The van der Waals surface area contributed by atoms with Gasteiger partial charge in [-0.05, 0) is 17.9 Å². The zero-order valence-corrected chi connectivity index (χ0v) is 10.7. The predicted octanol–water partition coefficient (Wildman–Crippen LogP) is 2.62. The Hall–Kier alpha value is -1.09. The number of rotatable bonds is 6. The molecule has 0 saturated heterocycles. The minimum absolute atomic E-state index is 0.343.